The molecular formula is C10H7Br2N3O2S2. The van der Waals surface area contributed by atoms with E-state index in [-0.39, 0.29) is 5.75 Å². The van der Waals surface area contributed by atoms with Crippen LogP contribution in [-0.2, 0) is 4.79 Å². The highest BCUT2D eigenvalue weighted by atomic mass is 79.9. The number of nitrogens with zero attached hydrogens (tertiary/aromatic N) is 2. The Morgan fingerprint density at radius 1 is 1.37 bits per heavy atom. The lowest BCUT2D eigenvalue weighted by atomic mass is 10.3. The Morgan fingerprint density at radius 3 is 2.68 bits per heavy atom. The Morgan fingerprint density at radius 2 is 2.05 bits per heavy atom. The van der Waals surface area contributed by atoms with Crippen LogP contribution in [0, 0.1) is 0 Å². The molecule has 0 aliphatic heterocycles. The molecule has 0 amide bonds. The summed E-state index contributed by atoms with van der Waals surface area (Å²) in [5.41, 5.74) is 0.855. The summed E-state index contributed by atoms with van der Waals surface area (Å²) < 4.78 is 2.42. The molecule has 2 rings (SSSR count). The highest BCUT2D eigenvalue weighted by Crippen LogP contribution is 2.35. The molecule has 0 saturated carbocycles. The Hall–Kier alpha value is -0.640. The zero-order valence-electron chi connectivity index (χ0n) is 9.26. The number of carbonyl (C=O) groups is 1. The molecule has 5 nitrogen and oxygen atoms in total. The standard InChI is InChI=1S/C10H7Br2N3O2S2/c11-5-2-1-3-6(12)8(5)13-9-14-15-10(19-9)18-4-7(16)17/h1-3H,4H2,(H,13,14)(H,16,17). The second-order valence-corrected chi connectivity index (χ2v) is 7.19. The molecule has 2 N–H and O–H groups in total. The van der Waals surface area contributed by atoms with Crippen molar-refractivity contribution in [2.24, 2.45) is 0 Å². The van der Waals surface area contributed by atoms with Gasteiger partial charge in [0.1, 0.15) is 0 Å². The number of carboxylic acids is 1. The first-order chi connectivity index (χ1) is 9.06. The second-order valence-electron chi connectivity index (χ2n) is 3.28. The quantitative estimate of drug-likeness (QED) is 0.707. The van der Waals surface area contributed by atoms with E-state index in [1.54, 1.807) is 0 Å². The van der Waals surface area contributed by atoms with Crippen LogP contribution in [0.1, 0.15) is 0 Å². The van der Waals surface area contributed by atoms with Crippen molar-refractivity contribution in [3.05, 3.63) is 27.1 Å². The highest BCUT2D eigenvalue weighted by Gasteiger charge is 2.10. The van der Waals surface area contributed by atoms with Crippen LogP contribution in [0.2, 0.25) is 0 Å². The molecule has 0 atom stereocenters. The molecule has 1 heterocycles. The molecular weight excluding hydrogens is 418 g/mol. The van der Waals surface area contributed by atoms with Gasteiger partial charge in [0.2, 0.25) is 5.13 Å². The zero-order chi connectivity index (χ0) is 13.8. The molecule has 0 spiro atoms. The average molecular weight is 425 g/mol. The normalized spacial score (nSPS) is 10.4. The number of thioether (sulfide) groups is 1. The van der Waals surface area contributed by atoms with Gasteiger partial charge in [0.05, 0.1) is 11.4 Å². The number of nitrogens with one attached hydrogen (secondary N) is 1. The summed E-state index contributed by atoms with van der Waals surface area (Å²) in [5, 5.41) is 20.2. The van der Waals surface area contributed by atoms with Crippen molar-refractivity contribution in [2.75, 3.05) is 11.1 Å². The summed E-state index contributed by atoms with van der Waals surface area (Å²) in [4.78, 5) is 10.5. The number of aromatic nitrogens is 2. The maximum atomic E-state index is 10.5. The van der Waals surface area contributed by atoms with E-state index in [0.717, 1.165) is 26.4 Å². The van der Waals surface area contributed by atoms with E-state index in [4.69, 9.17) is 5.11 Å². The molecule has 100 valence electrons. The maximum absolute atomic E-state index is 10.5. The molecule has 0 bridgehead atoms. The van der Waals surface area contributed by atoms with Crippen molar-refractivity contribution in [3.63, 3.8) is 0 Å². The maximum Gasteiger partial charge on any atom is 0.313 e. The lowest BCUT2D eigenvalue weighted by Crippen LogP contribution is -1.96. The summed E-state index contributed by atoms with van der Waals surface area (Å²) in [6, 6.07) is 5.73. The summed E-state index contributed by atoms with van der Waals surface area (Å²) in [7, 11) is 0. The van der Waals surface area contributed by atoms with Gasteiger partial charge in [-0.3, -0.25) is 4.79 Å². The third kappa shape index (κ3) is 4.16. The van der Waals surface area contributed by atoms with Crippen LogP contribution >= 0.6 is 55.0 Å². The summed E-state index contributed by atoms with van der Waals surface area (Å²) in [6.45, 7) is 0. The lowest BCUT2D eigenvalue weighted by Gasteiger charge is -2.06. The summed E-state index contributed by atoms with van der Waals surface area (Å²) >= 11 is 9.35. The fourth-order valence-corrected chi connectivity index (χ4v) is 3.84. The number of benzene rings is 1. The number of para-hydroxylation sites is 1. The molecule has 19 heavy (non-hydrogen) atoms. The van der Waals surface area contributed by atoms with Crippen molar-refractivity contribution < 1.29 is 9.90 Å². The minimum atomic E-state index is -0.872. The number of aliphatic carboxylic acids is 1. The first kappa shape index (κ1) is 14.8. The molecule has 0 fully saturated rings. The lowest BCUT2D eigenvalue weighted by molar-refractivity contribution is -0.133. The first-order valence-corrected chi connectivity index (χ1v) is 8.34. The van der Waals surface area contributed by atoms with E-state index in [2.05, 4.69) is 47.4 Å². The molecule has 2 aromatic rings. The second kappa shape index (κ2) is 6.69. The van der Waals surface area contributed by atoms with Crippen LogP contribution in [0.3, 0.4) is 0 Å². The molecule has 1 aromatic carbocycles. The summed E-state index contributed by atoms with van der Waals surface area (Å²) in [6.07, 6.45) is 0. The molecule has 0 saturated heterocycles. The first-order valence-electron chi connectivity index (χ1n) is 4.95. The third-order valence-electron chi connectivity index (χ3n) is 1.92. The predicted molar refractivity (Wildman–Crippen MR) is 83.4 cm³/mol. The van der Waals surface area contributed by atoms with E-state index in [1.165, 1.54) is 11.3 Å². The fraction of sp³-hybridized carbons (Fsp3) is 0.100. The zero-order valence-corrected chi connectivity index (χ0v) is 14.1. The van der Waals surface area contributed by atoms with Gasteiger partial charge in [0.25, 0.3) is 0 Å². The van der Waals surface area contributed by atoms with Gasteiger partial charge in [-0.15, -0.1) is 10.2 Å². The number of halogens is 2. The van der Waals surface area contributed by atoms with Crippen LogP contribution < -0.4 is 5.32 Å². The van der Waals surface area contributed by atoms with Crippen LogP contribution in [-0.4, -0.2) is 27.0 Å². The topological polar surface area (TPSA) is 75.1 Å². The number of anilines is 2. The van der Waals surface area contributed by atoms with Gasteiger partial charge >= 0.3 is 5.97 Å². The fourth-order valence-electron chi connectivity index (χ4n) is 1.17. The van der Waals surface area contributed by atoms with E-state index < -0.39 is 5.97 Å². The van der Waals surface area contributed by atoms with Crippen molar-refractivity contribution in [2.45, 2.75) is 4.34 Å². The van der Waals surface area contributed by atoms with E-state index in [1.807, 2.05) is 18.2 Å². The molecule has 0 radical (unpaired) electrons. The van der Waals surface area contributed by atoms with Crippen LogP contribution in [0.25, 0.3) is 0 Å². The minimum Gasteiger partial charge on any atom is -0.481 e. The van der Waals surface area contributed by atoms with Crippen LogP contribution in [0.15, 0.2) is 31.5 Å². The number of rotatable bonds is 5. The number of hydrogen-bond acceptors (Lipinski definition) is 6. The van der Waals surface area contributed by atoms with Crippen LogP contribution in [0.5, 0.6) is 0 Å². The smallest absolute Gasteiger partial charge is 0.313 e. The van der Waals surface area contributed by atoms with Gasteiger partial charge < -0.3 is 10.4 Å². The van der Waals surface area contributed by atoms with Gasteiger partial charge in [-0.1, -0.05) is 29.2 Å². The largest absolute Gasteiger partial charge is 0.481 e. The van der Waals surface area contributed by atoms with Gasteiger partial charge in [-0.2, -0.15) is 0 Å². The average Bonchev–Trinajstić information content (AvgIpc) is 2.79. The van der Waals surface area contributed by atoms with E-state index >= 15 is 0 Å². The number of carboxylic acid groups (broad SMARTS) is 1. The van der Waals surface area contributed by atoms with E-state index in [9.17, 15) is 4.79 Å². The van der Waals surface area contributed by atoms with Gasteiger partial charge in [0.15, 0.2) is 4.34 Å². The minimum absolute atomic E-state index is 0.0205. The van der Waals surface area contributed by atoms with Crippen molar-refractivity contribution in [1.29, 1.82) is 0 Å². The molecule has 1 aromatic heterocycles. The molecule has 0 unspecified atom stereocenters. The van der Waals surface area contributed by atoms with E-state index in [0.29, 0.717) is 9.47 Å². The van der Waals surface area contributed by atoms with Gasteiger partial charge in [-0.25, -0.2) is 0 Å². The Labute approximate surface area is 134 Å². The Kier molecular flexibility index (Phi) is 5.20. The molecule has 9 heteroatoms. The SMILES string of the molecule is O=C(O)CSc1nnc(Nc2c(Br)cccc2Br)s1. The molecule has 0 aliphatic carbocycles. The van der Waals surface area contributed by atoms with Crippen LogP contribution in [0.4, 0.5) is 10.8 Å². The van der Waals surface area contributed by atoms with Crippen molar-refractivity contribution in [1.82, 2.24) is 10.2 Å². The highest BCUT2D eigenvalue weighted by molar-refractivity contribution is 9.11. The monoisotopic (exact) mass is 423 g/mol. The Balaban J connectivity index is 2.09. The van der Waals surface area contributed by atoms with Crippen molar-refractivity contribution in [3.8, 4) is 0 Å². The summed E-state index contributed by atoms with van der Waals surface area (Å²) in [5.74, 6) is -0.892. The number of hydrogen-bond donors (Lipinski definition) is 2. The van der Waals surface area contributed by atoms with Crippen molar-refractivity contribution >= 4 is 71.7 Å². The Bertz CT molecular complexity index is 586. The third-order valence-corrected chi connectivity index (χ3v) is 5.20. The van der Waals surface area contributed by atoms with Gasteiger partial charge in [0, 0.05) is 8.95 Å². The molecule has 0 aliphatic rings. The predicted octanol–water partition coefficient (Wildman–Crippen LogP) is 3.98. The van der Waals surface area contributed by atoms with Gasteiger partial charge in [-0.05, 0) is 44.0 Å².